The summed E-state index contributed by atoms with van der Waals surface area (Å²) >= 11 is 0. The zero-order valence-corrected chi connectivity index (χ0v) is 37.7. The first-order chi connectivity index (χ1) is 24.9. The van der Waals surface area contributed by atoms with E-state index in [1.807, 2.05) is 138 Å². The molecule has 0 aromatic carbocycles. The summed E-state index contributed by atoms with van der Waals surface area (Å²) < 4.78 is 0. The van der Waals surface area contributed by atoms with E-state index in [1.165, 1.54) is 0 Å². The van der Waals surface area contributed by atoms with Gasteiger partial charge in [0.15, 0.2) is 0 Å². The molecule has 1 saturated carbocycles. The Morgan fingerprint density at radius 3 is 1.05 bits per heavy atom. The van der Waals surface area contributed by atoms with E-state index in [2.05, 4.69) is 32.5 Å². The number of hydrogen-bond acceptors (Lipinski definition) is 7. The van der Waals surface area contributed by atoms with Gasteiger partial charge in [-0.1, -0.05) is 55.4 Å². The van der Waals surface area contributed by atoms with Crippen LogP contribution >= 0.6 is 0 Å². The second-order valence-corrected chi connectivity index (χ2v) is 21.8. The number of carbonyl (C=O) groups is 6. The minimum atomic E-state index is -1.15. The van der Waals surface area contributed by atoms with Crippen molar-refractivity contribution in [2.24, 2.45) is 21.7 Å². The minimum Gasteiger partial charge on any atom is -0.329 e. The van der Waals surface area contributed by atoms with Gasteiger partial charge in [0, 0.05) is 22.2 Å². The number of nitrogens with one attached hydrogen (secondary N) is 6. The van der Waals surface area contributed by atoms with Gasteiger partial charge in [-0.05, 0) is 105 Å². The summed E-state index contributed by atoms with van der Waals surface area (Å²) in [7, 11) is 0. The molecule has 3 aliphatic rings. The third-order valence-corrected chi connectivity index (χ3v) is 13.0. The largest absolute Gasteiger partial charge is 0.450 e. The highest BCUT2D eigenvalue weighted by Gasteiger charge is 2.70. The number of fused-ring (bicyclic) bond motifs is 8. The molecule has 2 heterocycles. The van der Waals surface area contributed by atoms with Gasteiger partial charge in [-0.2, -0.15) is 5.48 Å². The predicted octanol–water partition coefficient (Wildman–Crippen LogP) is 5.43. The normalized spacial score (nSPS) is 28.1. The summed E-state index contributed by atoms with van der Waals surface area (Å²) in [6.07, 6.45) is -1.15. The fourth-order valence-electron chi connectivity index (χ4n) is 9.15. The standard InChI is InChI=1S/C39H72N10O7/c1-32(2,3)46-23-24-37(15,16)39(19,20)26(49(35(10,11)12)30(54)45-56-31(55)44-43-29(53)48(24)34(7,8)9)25(38(17,18)36(23,13)14)47(33(4,5)6)28(52)42-41-22(50)21-40-27(46)51/h23-26H,21H2,1-20H3,(H,40,51)(H,41,50)(H,42,52)(H,43,53)(H,44,55)(H,45,54). The summed E-state index contributed by atoms with van der Waals surface area (Å²) in [5.41, 5.74) is 4.13. The maximum absolute atomic E-state index is 14.9. The Bertz CT molecular complexity index is 1350. The number of rotatable bonds is 0. The van der Waals surface area contributed by atoms with E-state index in [-0.39, 0.29) is 0 Å². The number of hydroxylamine groups is 1. The van der Waals surface area contributed by atoms with Gasteiger partial charge in [0.05, 0.1) is 24.2 Å². The van der Waals surface area contributed by atoms with E-state index >= 15 is 0 Å². The lowest BCUT2D eigenvalue weighted by Gasteiger charge is -2.71. The van der Waals surface area contributed by atoms with Crippen molar-refractivity contribution in [3.05, 3.63) is 0 Å². The number of hydrogen-bond donors (Lipinski definition) is 6. The smallest absolute Gasteiger partial charge is 0.329 e. The lowest BCUT2D eigenvalue weighted by molar-refractivity contribution is -0.199. The van der Waals surface area contributed by atoms with Crippen LogP contribution in [0.5, 0.6) is 0 Å². The average molecular weight is 793 g/mol. The van der Waals surface area contributed by atoms with Gasteiger partial charge in [-0.25, -0.2) is 40.3 Å². The molecular weight excluding hydrogens is 720 g/mol. The Morgan fingerprint density at radius 2 is 0.732 bits per heavy atom. The summed E-state index contributed by atoms with van der Waals surface area (Å²) in [6, 6.07) is -6.23. The number of amides is 10. The molecule has 2 aliphatic heterocycles. The van der Waals surface area contributed by atoms with E-state index < -0.39 is 111 Å². The van der Waals surface area contributed by atoms with Crippen molar-refractivity contribution in [2.45, 2.75) is 185 Å². The van der Waals surface area contributed by atoms with Crippen LogP contribution in [0.2, 0.25) is 0 Å². The number of urea groups is 4. The summed E-state index contributed by atoms with van der Waals surface area (Å²) in [5, 5.41) is 2.81. The third kappa shape index (κ3) is 8.00. The molecule has 0 aromatic heterocycles. The van der Waals surface area contributed by atoms with Gasteiger partial charge in [-0.15, -0.1) is 0 Å². The monoisotopic (exact) mass is 793 g/mol. The second-order valence-electron chi connectivity index (χ2n) is 21.8. The van der Waals surface area contributed by atoms with Gasteiger partial charge < -0.3 is 29.8 Å². The maximum atomic E-state index is 14.9. The fourth-order valence-corrected chi connectivity index (χ4v) is 9.15. The molecule has 17 heteroatoms. The molecule has 1 aliphatic carbocycles. The topological polar surface area (TPSA) is 197 Å². The zero-order chi connectivity index (χ0) is 43.7. The highest BCUT2D eigenvalue weighted by Crippen LogP contribution is 2.63. The van der Waals surface area contributed by atoms with Crippen molar-refractivity contribution in [3.8, 4) is 0 Å². The van der Waals surface area contributed by atoms with Gasteiger partial charge in [0.1, 0.15) is 6.54 Å². The molecule has 0 radical (unpaired) electrons. The second kappa shape index (κ2) is 14.3. The molecule has 56 heavy (non-hydrogen) atoms. The predicted molar refractivity (Wildman–Crippen MR) is 213 cm³/mol. The molecule has 4 unspecified atom stereocenters. The molecule has 17 nitrogen and oxygen atoms in total. The highest BCUT2D eigenvalue weighted by molar-refractivity contribution is 5.87. The third-order valence-electron chi connectivity index (χ3n) is 13.0. The van der Waals surface area contributed by atoms with E-state index in [1.54, 1.807) is 19.6 Å². The van der Waals surface area contributed by atoms with Crippen molar-refractivity contribution >= 4 is 36.1 Å². The van der Waals surface area contributed by atoms with Crippen molar-refractivity contribution in [2.75, 3.05) is 6.54 Å². The molecule has 0 spiro atoms. The molecule has 4 atom stereocenters. The van der Waals surface area contributed by atoms with E-state index in [0.717, 1.165) is 0 Å². The Balaban J connectivity index is 2.92. The fraction of sp³-hybridized carbons (Fsp3) is 0.846. The molecule has 3 fully saturated rings. The highest BCUT2D eigenvalue weighted by atomic mass is 16.7. The van der Waals surface area contributed by atoms with E-state index in [4.69, 9.17) is 4.84 Å². The van der Waals surface area contributed by atoms with Gasteiger partial charge in [0.25, 0.3) is 5.91 Å². The van der Waals surface area contributed by atoms with E-state index in [9.17, 15) is 28.8 Å². The first-order valence-electron chi connectivity index (χ1n) is 19.5. The molecule has 4 bridgehead atoms. The Hall–Kier alpha value is -4.18. The number of nitrogens with zero attached hydrogens (tertiary/aromatic N) is 4. The molecule has 10 amide bonds. The van der Waals surface area contributed by atoms with Crippen LogP contribution in [0.1, 0.15) is 138 Å². The van der Waals surface area contributed by atoms with Crippen LogP contribution in [0, 0.1) is 21.7 Å². The van der Waals surface area contributed by atoms with Crippen LogP contribution in [0.4, 0.5) is 24.0 Å². The van der Waals surface area contributed by atoms with Crippen molar-refractivity contribution in [3.63, 3.8) is 0 Å². The molecule has 320 valence electrons. The number of hydrazine groups is 2. The summed E-state index contributed by atoms with van der Waals surface area (Å²) in [4.78, 5) is 98.0. The van der Waals surface area contributed by atoms with Crippen LogP contribution in [0.15, 0.2) is 0 Å². The lowest BCUT2D eigenvalue weighted by atomic mass is 9.45. The van der Waals surface area contributed by atoms with Crippen LogP contribution in [-0.2, 0) is 9.63 Å². The van der Waals surface area contributed by atoms with Gasteiger partial charge in [0.2, 0.25) is 0 Å². The first kappa shape index (κ1) is 46.2. The molecule has 6 N–H and O–H groups in total. The summed E-state index contributed by atoms with van der Waals surface area (Å²) in [6.45, 7) is 38.4. The Labute approximate surface area is 334 Å². The Morgan fingerprint density at radius 1 is 0.446 bits per heavy atom. The van der Waals surface area contributed by atoms with Crippen LogP contribution in [-0.4, -0.2) is 109 Å². The molecule has 2 saturated heterocycles. The lowest BCUT2D eigenvalue weighted by Crippen LogP contribution is -2.82. The maximum Gasteiger partial charge on any atom is 0.450 e. The molecule has 3 rings (SSSR count). The molecular formula is C39H72N10O7. The molecule has 0 aromatic rings. The quantitative estimate of drug-likeness (QED) is 0.176. The minimum absolute atomic E-state index is 0.461. The zero-order valence-electron chi connectivity index (χ0n) is 37.7. The number of carbonyl (C=O) groups excluding carboxylic acids is 6. The Kier molecular flexibility index (Phi) is 11.8. The first-order valence-corrected chi connectivity index (χ1v) is 19.5. The van der Waals surface area contributed by atoms with Gasteiger partial charge in [-0.3, -0.25) is 10.2 Å². The van der Waals surface area contributed by atoms with Crippen molar-refractivity contribution in [1.29, 1.82) is 0 Å². The van der Waals surface area contributed by atoms with Gasteiger partial charge >= 0.3 is 30.2 Å². The van der Waals surface area contributed by atoms with Crippen LogP contribution in [0.3, 0.4) is 0 Å². The van der Waals surface area contributed by atoms with Crippen LogP contribution < -0.4 is 32.5 Å². The van der Waals surface area contributed by atoms with E-state index in [0.29, 0.717) is 0 Å². The average Bonchev–Trinajstić information content (AvgIpc) is 2.99. The van der Waals surface area contributed by atoms with Crippen molar-refractivity contribution < 1.29 is 33.6 Å². The van der Waals surface area contributed by atoms with Crippen LogP contribution in [0.25, 0.3) is 0 Å². The SMILES string of the molecule is CC(C)(C)N1C(=O)NCC(=O)NNC(=O)N(C(C)(C)C)C2C3N(C(C)(C)C)C(=O)NOC(=O)NNC(=O)N(C(C)(C)C)C(C1C(C)(C)C2(C)C)C(C)(C)C3(C)C. The summed E-state index contributed by atoms with van der Waals surface area (Å²) in [5.74, 6) is -0.662. The van der Waals surface area contributed by atoms with Crippen molar-refractivity contribution in [1.82, 2.24) is 52.1 Å².